The Bertz CT molecular complexity index is 442. The second kappa shape index (κ2) is 5.35. The normalized spacial score (nSPS) is 16.7. The van der Waals surface area contributed by atoms with E-state index < -0.39 is 0 Å². The Balaban J connectivity index is 2.34. The van der Waals surface area contributed by atoms with Gasteiger partial charge >= 0.3 is 0 Å². The average Bonchev–Trinajstić information content (AvgIpc) is 2.83. The zero-order valence-corrected chi connectivity index (χ0v) is 12.8. The third kappa shape index (κ3) is 3.17. The Kier molecular flexibility index (Phi) is 3.97. The van der Waals surface area contributed by atoms with Gasteiger partial charge in [0.1, 0.15) is 17.5 Å². The Labute approximate surface area is 116 Å². The number of nitrogens with one attached hydrogen (secondary N) is 2. The van der Waals surface area contributed by atoms with E-state index in [1.54, 1.807) is 0 Å². The summed E-state index contributed by atoms with van der Waals surface area (Å²) < 4.78 is 0. The zero-order chi connectivity index (χ0) is 14.0. The van der Waals surface area contributed by atoms with Gasteiger partial charge in [0.05, 0.1) is 0 Å². The number of nitrogens with zero attached hydrogens (tertiary/aromatic N) is 2. The van der Waals surface area contributed by atoms with E-state index in [2.05, 4.69) is 43.3 Å². The predicted octanol–water partition coefficient (Wildman–Crippen LogP) is 3.48. The summed E-state index contributed by atoms with van der Waals surface area (Å²) in [6.45, 7) is 8.53. The lowest BCUT2D eigenvalue weighted by atomic mass is 9.95. The molecule has 0 atom stereocenters. The van der Waals surface area contributed by atoms with E-state index >= 15 is 0 Å². The molecule has 2 N–H and O–H groups in total. The maximum atomic E-state index is 4.75. The molecule has 0 aromatic carbocycles. The summed E-state index contributed by atoms with van der Waals surface area (Å²) in [6, 6.07) is 0.575. The van der Waals surface area contributed by atoms with Crippen LogP contribution in [0.4, 0.5) is 11.6 Å². The number of anilines is 2. The van der Waals surface area contributed by atoms with Crippen LogP contribution in [-0.2, 0) is 5.41 Å². The third-order valence-electron chi connectivity index (χ3n) is 3.75. The van der Waals surface area contributed by atoms with Crippen molar-refractivity contribution in [3.05, 3.63) is 11.4 Å². The Morgan fingerprint density at radius 1 is 1.05 bits per heavy atom. The van der Waals surface area contributed by atoms with Crippen molar-refractivity contribution in [2.45, 2.75) is 64.8 Å². The number of rotatable bonds is 3. The molecule has 1 fully saturated rings. The van der Waals surface area contributed by atoms with Gasteiger partial charge in [0, 0.05) is 24.1 Å². The minimum absolute atomic E-state index is 0.0363. The van der Waals surface area contributed by atoms with Gasteiger partial charge in [0.2, 0.25) is 0 Å². The lowest BCUT2D eigenvalue weighted by molar-refractivity contribution is 0.545. The fourth-order valence-corrected chi connectivity index (χ4v) is 2.50. The summed E-state index contributed by atoms with van der Waals surface area (Å²) in [4.78, 5) is 9.39. The summed E-state index contributed by atoms with van der Waals surface area (Å²) in [5, 5.41) is 6.79. The molecule has 0 radical (unpaired) electrons. The highest BCUT2D eigenvalue weighted by Crippen LogP contribution is 2.28. The molecule has 1 heterocycles. The van der Waals surface area contributed by atoms with E-state index in [4.69, 9.17) is 4.98 Å². The standard InChI is InChI=1S/C15H26N4/c1-10-12(16-5)18-14(15(2,3)4)19-13(10)17-11-8-6-7-9-11/h11H,6-9H2,1-5H3,(H2,16,17,18,19). The number of hydrogen-bond acceptors (Lipinski definition) is 4. The maximum absolute atomic E-state index is 4.75. The molecular formula is C15H26N4. The highest BCUT2D eigenvalue weighted by atomic mass is 15.1. The summed E-state index contributed by atoms with van der Waals surface area (Å²) in [5.41, 5.74) is 1.08. The predicted molar refractivity (Wildman–Crippen MR) is 80.9 cm³/mol. The minimum Gasteiger partial charge on any atom is -0.373 e. The van der Waals surface area contributed by atoms with Gasteiger partial charge in [-0.3, -0.25) is 0 Å². The first-order chi connectivity index (χ1) is 8.91. The topological polar surface area (TPSA) is 49.8 Å². The van der Waals surface area contributed by atoms with E-state index in [0.717, 1.165) is 23.0 Å². The second-order valence-electron chi connectivity index (χ2n) is 6.50. The van der Waals surface area contributed by atoms with Crippen molar-refractivity contribution in [2.75, 3.05) is 17.7 Å². The fraction of sp³-hybridized carbons (Fsp3) is 0.733. The first-order valence-corrected chi connectivity index (χ1v) is 7.25. The van der Waals surface area contributed by atoms with Crippen molar-refractivity contribution < 1.29 is 0 Å². The molecule has 1 aliphatic carbocycles. The fourth-order valence-electron chi connectivity index (χ4n) is 2.50. The Morgan fingerprint density at radius 3 is 2.16 bits per heavy atom. The first-order valence-electron chi connectivity index (χ1n) is 7.25. The molecule has 0 bridgehead atoms. The van der Waals surface area contributed by atoms with Crippen LogP contribution in [-0.4, -0.2) is 23.1 Å². The molecule has 2 rings (SSSR count). The summed E-state index contributed by atoms with van der Waals surface area (Å²) in [6.07, 6.45) is 5.16. The van der Waals surface area contributed by atoms with Gasteiger partial charge in [0.25, 0.3) is 0 Å². The molecule has 106 valence electrons. The molecule has 0 unspecified atom stereocenters. The summed E-state index contributed by atoms with van der Waals surface area (Å²) in [5.74, 6) is 2.82. The summed E-state index contributed by atoms with van der Waals surface area (Å²) in [7, 11) is 1.92. The van der Waals surface area contributed by atoms with Crippen LogP contribution in [0.25, 0.3) is 0 Å². The van der Waals surface area contributed by atoms with Gasteiger partial charge in [-0.25, -0.2) is 9.97 Å². The van der Waals surface area contributed by atoms with Gasteiger partial charge in [-0.15, -0.1) is 0 Å². The zero-order valence-electron chi connectivity index (χ0n) is 12.8. The van der Waals surface area contributed by atoms with E-state index in [9.17, 15) is 0 Å². The van der Waals surface area contributed by atoms with Crippen molar-refractivity contribution >= 4 is 11.6 Å². The van der Waals surface area contributed by atoms with Gasteiger partial charge < -0.3 is 10.6 Å². The SMILES string of the molecule is CNc1nc(C(C)(C)C)nc(NC2CCCC2)c1C. The van der Waals surface area contributed by atoms with Crippen LogP contribution >= 0.6 is 0 Å². The lowest BCUT2D eigenvalue weighted by Gasteiger charge is -2.22. The van der Waals surface area contributed by atoms with Crippen LogP contribution < -0.4 is 10.6 Å². The van der Waals surface area contributed by atoms with Gasteiger partial charge in [-0.05, 0) is 19.8 Å². The lowest BCUT2D eigenvalue weighted by Crippen LogP contribution is -2.22. The summed E-state index contributed by atoms with van der Waals surface area (Å²) >= 11 is 0. The maximum Gasteiger partial charge on any atom is 0.138 e. The number of hydrogen-bond donors (Lipinski definition) is 2. The van der Waals surface area contributed by atoms with E-state index in [1.165, 1.54) is 25.7 Å². The molecule has 4 heteroatoms. The first kappa shape index (κ1) is 14.1. The molecule has 1 aliphatic rings. The largest absolute Gasteiger partial charge is 0.373 e. The van der Waals surface area contributed by atoms with Gasteiger partial charge in [-0.1, -0.05) is 33.6 Å². The van der Waals surface area contributed by atoms with Crippen molar-refractivity contribution in [3.63, 3.8) is 0 Å². The molecule has 0 saturated heterocycles. The molecule has 1 aromatic rings. The quantitative estimate of drug-likeness (QED) is 0.875. The van der Waals surface area contributed by atoms with Crippen LogP contribution in [0.3, 0.4) is 0 Å². The Morgan fingerprint density at radius 2 is 1.63 bits per heavy atom. The molecule has 0 spiro atoms. The molecular weight excluding hydrogens is 236 g/mol. The Hall–Kier alpha value is -1.32. The minimum atomic E-state index is -0.0363. The van der Waals surface area contributed by atoms with Crippen LogP contribution in [0.1, 0.15) is 57.8 Å². The van der Waals surface area contributed by atoms with Crippen LogP contribution in [0.5, 0.6) is 0 Å². The second-order valence-corrected chi connectivity index (χ2v) is 6.50. The highest BCUT2D eigenvalue weighted by molar-refractivity contribution is 5.57. The van der Waals surface area contributed by atoms with Crippen molar-refractivity contribution in [1.29, 1.82) is 0 Å². The van der Waals surface area contributed by atoms with Gasteiger partial charge in [-0.2, -0.15) is 0 Å². The van der Waals surface area contributed by atoms with Crippen molar-refractivity contribution in [2.24, 2.45) is 0 Å². The molecule has 19 heavy (non-hydrogen) atoms. The average molecular weight is 262 g/mol. The molecule has 0 amide bonds. The van der Waals surface area contributed by atoms with E-state index in [0.29, 0.717) is 6.04 Å². The van der Waals surface area contributed by atoms with E-state index in [-0.39, 0.29) is 5.41 Å². The van der Waals surface area contributed by atoms with Gasteiger partial charge in [0.15, 0.2) is 0 Å². The van der Waals surface area contributed by atoms with Crippen LogP contribution in [0, 0.1) is 6.92 Å². The van der Waals surface area contributed by atoms with Crippen LogP contribution in [0.15, 0.2) is 0 Å². The monoisotopic (exact) mass is 262 g/mol. The molecule has 0 aliphatic heterocycles. The molecule has 1 saturated carbocycles. The van der Waals surface area contributed by atoms with Crippen molar-refractivity contribution in [3.8, 4) is 0 Å². The van der Waals surface area contributed by atoms with Crippen molar-refractivity contribution in [1.82, 2.24) is 9.97 Å². The highest BCUT2D eigenvalue weighted by Gasteiger charge is 2.22. The third-order valence-corrected chi connectivity index (χ3v) is 3.75. The smallest absolute Gasteiger partial charge is 0.138 e. The number of aromatic nitrogens is 2. The molecule has 1 aromatic heterocycles. The van der Waals surface area contributed by atoms with Crippen LogP contribution in [0.2, 0.25) is 0 Å². The van der Waals surface area contributed by atoms with E-state index in [1.807, 2.05) is 7.05 Å². The molecule has 4 nitrogen and oxygen atoms in total.